The first-order valence-electron chi connectivity index (χ1n) is 9.43. The Kier molecular flexibility index (Phi) is 5.31. The zero-order valence-electron chi connectivity index (χ0n) is 16.5. The van der Waals surface area contributed by atoms with Gasteiger partial charge in [-0.05, 0) is 37.3 Å². The lowest BCUT2D eigenvalue weighted by molar-refractivity contribution is -0.384. The number of anilines is 1. The van der Waals surface area contributed by atoms with Gasteiger partial charge in [0.15, 0.2) is 11.6 Å². The summed E-state index contributed by atoms with van der Waals surface area (Å²) in [5.41, 5.74) is 2.01. The van der Waals surface area contributed by atoms with Gasteiger partial charge in [-0.1, -0.05) is 0 Å². The van der Waals surface area contributed by atoms with Crippen LogP contribution < -0.4 is 4.90 Å². The Morgan fingerprint density at radius 2 is 1.71 bits per heavy atom. The zero-order valence-corrected chi connectivity index (χ0v) is 17.3. The molecule has 3 aromatic rings. The number of hydrogen-bond acceptors (Lipinski definition) is 6. The molecule has 0 unspecified atom stereocenters. The van der Waals surface area contributed by atoms with Crippen LogP contribution in [0.5, 0.6) is 0 Å². The molecule has 0 radical (unpaired) electrons. The summed E-state index contributed by atoms with van der Waals surface area (Å²) in [6, 6.07) is 8.76. The fourth-order valence-electron chi connectivity index (χ4n) is 3.66. The molecule has 1 aliphatic heterocycles. The van der Waals surface area contributed by atoms with Crippen molar-refractivity contribution in [1.82, 2.24) is 9.29 Å². The molecule has 1 saturated heterocycles. The average molecular weight is 448 g/mol. The highest BCUT2D eigenvalue weighted by Gasteiger charge is 2.30. The molecular weight excluding hydrogens is 430 g/mol. The molecule has 0 aliphatic carbocycles. The Morgan fingerprint density at radius 1 is 1.00 bits per heavy atom. The number of non-ortho nitro benzene ring substituents is 1. The maximum absolute atomic E-state index is 13.5. The van der Waals surface area contributed by atoms with Gasteiger partial charge >= 0.3 is 0 Å². The summed E-state index contributed by atoms with van der Waals surface area (Å²) in [5.74, 6) is -2.34. The Bertz CT molecular complexity index is 1290. The van der Waals surface area contributed by atoms with E-state index in [2.05, 4.69) is 4.98 Å². The molecule has 0 spiro atoms. The number of nitro benzene ring substituents is 1. The van der Waals surface area contributed by atoms with Gasteiger partial charge in [0.05, 0.1) is 15.3 Å². The normalized spacial score (nSPS) is 15.4. The summed E-state index contributed by atoms with van der Waals surface area (Å²) in [7, 11) is -3.98. The molecule has 0 saturated carbocycles. The monoisotopic (exact) mass is 448 g/mol. The Balaban J connectivity index is 1.61. The van der Waals surface area contributed by atoms with Gasteiger partial charge in [0, 0.05) is 55.1 Å². The van der Waals surface area contributed by atoms with E-state index in [1.807, 2.05) is 17.9 Å². The van der Waals surface area contributed by atoms with Gasteiger partial charge in [0.25, 0.3) is 5.69 Å². The Labute approximate surface area is 176 Å². The van der Waals surface area contributed by atoms with Crippen molar-refractivity contribution in [3.63, 3.8) is 0 Å². The average Bonchev–Trinajstić information content (AvgIpc) is 2.74. The van der Waals surface area contributed by atoms with Crippen LogP contribution in [-0.2, 0) is 10.0 Å². The molecule has 0 N–H and O–H groups in total. The molecule has 1 aromatic heterocycles. The summed E-state index contributed by atoms with van der Waals surface area (Å²) in [5, 5.41) is 11.8. The van der Waals surface area contributed by atoms with Crippen LogP contribution in [0.3, 0.4) is 0 Å². The molecular formula is C20H18F2N4O4S. The molecule has 11 heteroatoms. The highest BCUT2D eigenvalue weighted by atomic mass is 32.2. The number of piperazine rings is 1. The fraction of sp³-hybridized carbons (Fsp3) is 0.250. The fourth-order valence-corrected chi connectivity index (χ4v) is 5.09. The zero-order chi connectivity index (χ0) is 22.3. The van der Waals surface area contributed by atoms with Crippen LogP contribution in [0.1, 0.15) is 5.69 Å². The Hall–Kier alpha value is -3.18. The standard InChI is InChI=1S/C20H18F2N4O4S/c1-13-10-20(16-11-14(26(27)28)2-5-19(16)23-13)24-6-8-25(9-7-24)31(29,30)15-3-4-17(21)18(22)12-15/h2-5,10-12H,6-9H2,1H3. The number of hydrogen-bond donors (Lipinski definition) is 0. The molecule has 2 aromatic carbocycles. The van der Waals surface area contributed by atoms with Crippen LogP contribution in [0.2, 0.25) is 0 Å². The van der Waals surface area contributed by atoms with Crippen LogP contribution in [0.15, 0.2) is 47.4 Å². The van der Waals surface area contributed by atoms with E-state index in [9.17, 15) is 27.3 Å². The summed E-state index contributed by atoms with van der Waals surface area (Å²) < 4.78 is 53.5. The third-order valence-corrected chi connectivity index (χ3v) is 7.11. The van der Waals surface area contributed by atoms with Crippen molar-refractivity contribution in [3.05, 3.63) is 69.9 Å². The second kappa shape index (κ2) is 7.82. The number of halogens is 2. The second-order valence-corrected chi connectivity index (χ2v) is 9.15. The first-order chi connectivity index (χ1) is 14.7. The number of benzene rings is 2. The van der Waals surface area contributed by atoms with Gasteiger partial charge in [-0.2, -0.15) is 4.31 Å². The molecule has 162 valence electrons. The van der Waals surface area contributed by atoms with E-state index >= 15 is 0 Å². The summed E-state index contributed by atoms with van der Waals surface area (Å²) >= 11 is 0. The van der Waals surface area contributed by atoms with Crippen LogP contribution in [0.25, 0.3) is 10.9 Å². The minimum Gasteiger partial charge on any atom is -0.368 e. The number of aromatic nitrogens is 1. The van der Waals surface area contributed by atoms with Crippen molar-refractivity contribution in [2.75, 3.05) is 31.1 Å². The smallest absolute Gasteiger partial charge is 0.270 e. The number of fused-ring (bicyclic) bond motifs is 1. The lowest BCUT2D eigenvalue weighted by Crippen LogP contribution is -2.48. The number of sulfonamides is 1. The number of rotatable bonds is 4. The molecule has 1 fully saturated rings. The van der Waals surface area contributed by atoms with Gasteiger partial charge in [0.2, 0.25) is 10.0 Å². The van der Waals surface area contributed by atoms with E-state index in [-0.39, 0.29) is 23.7 Å². The molecule has 8 nitrogen and oxygen atoms in total. The van der Waals surface area contributed by atoms with Crippen molar-refractivity contribution in [1.29, 1.82) is 0 Å². The minimum absolute atomic E-state index is 0.0565. The first-order valence-corrected chi connectivity index (χ1v) is 10.9. The predicted molar refractivity (Wildman–Crippen MR) is 110 cm³/mol. The second-order valence-electron chi connectivity index (χ2n) is 7.21. The van der Waals surface area contributed by atoms with Gasteiger partial charge in [-0.15, -0.1) is 0 Å². The van der Waals surface area contributed by atoms with E-state index in [1.54, 1.807) is 6.07 Å². The quantitative estimate of drug-likeness (QED) is 0.449. The molecule has 31 heavy (non-hydrogen) atoms. The topological polar surface area (TPSA) is 96.7 Å². The number of nitro groups is 1. The predicted octanol–water partition coefficient (Wildman–Crippen LogP) is 3.24. The van der Waals surface area contributed by atoms with Crippen LogP contribution >= 0.6 is 0 Å². The molecule has 0 atom stereocenters. The van der Waals surface area contributed by atoms with E-state index in [0.717, 1.165) is 23.5 Å². The van der Waals surface area contributed by atoms with E-state index in [0.29, 0.717) is 30.1 Å². The van der Waals surface area contributed by atoms with Crippen molar-refractivity contribution in [2.45, 2.75) is 11.8 Å². The van der Waals surface area contributed by atoms with E-state index < -0.39 is 26.6 Å². The largest absolute Gasteiger partial charge is 0.368 e. The van der Waals surface area contributed by atoms with E-state index in [4.69, 9.17) is 0 Å². The summed E-state index contributed by atoms with van der Waals surface area (Å²) in [4.78, 5) is 16.8. The minimum atomic E-state index is -3.98. The Morgan fingerprint density at radius 3 is 2.35 bits per heavy atom. The number of aryl methyl sites for hydroxylation is 1. The van der Waals surface area contributed by atoms with E-state index in [1.165, 1.54) is 16.4 Å². The van der Waals surface area contributed by atoms with Crippen LogP contribution in [0.4, 0.5) is 20.2 Å². The van der Waals surface area contributed by atoms with Crippen molar-refractivity contribution < 1.29 is 22.1 Å². The number of nitrogens with zero attached hydrogens (tertiary/aromatic N) is 4. The van der Waals surface area contributed by atoms with Gasteiger partial charge in [0.1, 0.15) is 0 Å². The lowest BCUT2D eigenvalue weighted by atomic mass is 10.1. The van der Waals surface area contributed by atoms with Crippen molar-refractivity contribution >= 4 is 32.3 Å². The highest BCUT2D eigenvalue weighted by molar-refractivity contribution is 7.89. The molecule has 1 aliphatic rings. The van der Waals surface area contributed by atoms with Crippen molar-refractivity contribution in [3.8, 4) is 0 Å². The molecule has 0 amide bonds. The van der Waals surface area contributed by atoms with Crippen LogP contribution in [-0.4, -0.2) is 48.8 Å². The SMILES string of the molecule is Cc1cc(N2CCN(S(=O)(=O)c3ccc(F)c(F)c3)CC2)c2cc([N+](=O)[O-])ccc2n1. The third-order valence-electron chi connectivity index (χ3n) is 5.22. The number of pyridine rings is 1. The third kappa shape index (κ3) is 3.93. The molecule has 0 bridgehead atoms. The summed E-state index contributed by atoms with van der Waals surface area (Å²) in [6.45, 7) is 2.71. The maximum Gasteiger partial charge on any atom is 0.270 e. The van der Waals surface area contributed by atoms with Crippen molar-refractivity contribution in [2.24, 2.45) is 0 Å². The van der Waals surface area contributed by atoms with Gasteiger partial charge in [-0.25, -0.2) is 17.2 Å². The highest BCUT2D eigenvalue weighted by Crippen LogP contribution is 2.31. The first kappa shape index (κ1) is 21.1. The lowest BCUT2D eigenvalue weighted by Gasteiger charge is -2.36. The summed E-state index contributed by atoms with van der Waals surface area (Å²) in [6.07, 6.45) is 0. The maximum atomic E-state index is 13.5. The molecule has 2 heterocycles. The van der Waals surface area contributed by atoms with Crippen LogP contribution in [0, 0.1) is 28.7 Å². The molecule has 4 rings (SSSR count). The van der Waals surface area contributed by atoms with Gasteiger partial charge < -0.3 is 4.90 Å². The van der Waals surface area contributed by atoms with Gasteiger partial charge in [-0.3, -0.25) is 15.1 Å².